The van der Waals surface area contributed by atoms with Gasteiger partial charge in [-0.3, -0.25) is 9.36 Å². The molecule has 27 heavy (non-hydrogen) atoms. The number of hydrogen-bond acceptors (Lipinski definition) is 6. The lowest BCUT2D eigenvalue weighted by atomic mass is 9.96. The van der Waals surface area contributed by atoms with Gasteiger partial charge in [-0.15, -0.1) is 10.2 Å². The number of carbonyl (C=O) groups excluding carboxylic acids is 1. The van der Waals surface area contributed by atoms with Crippen molar-refractivity contribution in [1.29, 1.82) is 0 Å². The van der Waals surface area contributed by atoms with E-state index in [4.69, 9.17) is 0 Å². The van der Waals surface area contributed by atoms with Crippen LogP contribution in [-0.2, 0) is 4.79 Å². The van der Waals surface area contributed by atoms with Gasteiger partial charge in [-0.25, -0.2) is 0 Å². The van der Waals surface area contributed by atoms with E-state index >= 15 is 0 Å². The van der Waals surface area contributed by atoms with Gasteiger partial charge in [-0.05, 0) is 51.0 Å². The van der Waals surface area contributed by atoms with Crippen molar-refractivity contribution in [3.8, 4) is 5.13 Å². The first-order valence-electron chi connectivity index (χ1n) is 9.93. The highest BCUT2D eigenvalue weighted by Gasteiger charge is 2.26. The van der Waals surface area contributed by atoms with Crippen LogP contribution in [-0.4, -0.2) is 64.8 Å². The number of hydrogen-bond donors (Lipinski definition) is 1. The van der Waals surface area contributed by atoms with Gasteiger partial charge in [0.15, 0.2) is 0 Å². The van der Waals surface area contributed by atoms with Crippen molar-refractivity contribution in [3.05, 3.63) is 24.5 Å². The molecule has 0 aliphatic carbocycles. The zero-order valence-electron chi connectivity index (χ0n) is 16.3. The molecule has 1 N–H and O–H groups in total. The molecule has 0 aromatic carbocycles. The van der Waals surface area contributed by atoms with E-state index in [0.29, 0.717) is 0 Å². The third-order valence-corrected chi connectivity index (χ3v) is 6.21. The lowest BCUT2D eigenvalue weighted by Gasteiger charge is -2.30. The van der Waals surface area contributed by atoms with Crippen LogP contribution in [0, 0.1) is 5.92 Å². The summed E-state index contributed by atoms with van der Waals surface area (Å²) in [5.41, 5.74) is 0. The first kappa shape index (κ1) is 19.8. The van der Waals surface area contributed by atoms with Crippen LogP contribution in [0.4, 0.5) is 5.13 Å². The lowest BCUT2D eigenvalue weighted by molar-refractivity contribution is -0.125. The summed E-state index contributed by atoms with van der Waals surface area (Å²) in [5.74, 6) is 0.325. The predicted molar refractivity (Wildman–Crippen MR) is 110 cm³/mol. The van der Waals surface area contributed by atoms with Crippen LogP contribution >= 0.6 is 11.3 Å². The monoisotopic (exact) mass is 390 g/mol. The van der Waals surface area contributed by atoms with Gasteiger partial charge in [0.1, 0.15) is 0 Å². The molecule has 1 aliphatic heterocycles. The molecule has 1 saturated heterocycles. The molecule has 8 heteroatoms. The SMILES string of the molecule is CCN(CC)CCCNC(=O)C1CCN(c2nnc(-n3cccc3)s2)CC1. The number of nitrogens with one attached hydrogen (secondary N) is 1. The summed E-state index contributed by atoms with van der Waals surface area (Å²) in [6.07, 6.45) is 6.71. The molecule has 0 radical (unpaired) electrons. The number of piperidine rings is 1. The quantitative estimate of drug-likeness (QED) is 0.666. The van der Waals surface area contributed by atoms with Gasteiger partial charge >= 0.3 is 0 Å². The highest BCUT2D eigenvalue weighted by molar-refractivity contribution is 7.17. The molecule has 0 saturated carbocycles. The average molecular weight is 391 g/mol. The highest BCUT2D eigenvalue weighted by Crippen LogP contribution is 2.27. The molecule has 0 unspecified atom stereocenters. The fraction of sp³-hybridized carbons (Fsp3) is 0.632. The standard InChI is InChI=1S/C19H30N6OS/c1-3-23(4-2)11-7-10-20-17(26)16-8-14-25(15-9-16)19-22-21-18(27-19)24-12-5-6-13-24/h5-6,12-13,16H,3-4,7-11,14-15H2,1-2H3,(H,20,26). The maximum absolute atomic E-state index is 12.4. The minimum absolute atomic E-state index is 0.117. The smallest absolute Gasteiger partial charge is 0.223 e. The number of anilines is 1. The van der Waals surface area contributed by atoms with E-state index in [1.165, 1.54) is 0 Å². The number of rotatable bonds is 9. The van der Waals surface area contributed by atoms with Crippen molar-refractivity contribution >= 4 is 22.4 Å². The summed E-state index contributed by atoms with van der Waals surface area (Å²) in [6.45, 7) is 10.0. The van der Waals surface area contributed by atoms with Crippen LogP contribution < -0.4 is 10.2 Å². The van der Waals surface area contributed by atoms with E-state index in [9.17, 15) is 4.79 Å². The number of aromatic nitrogens is 3. The van der Waals surface area contributed by atoms with Gasteiger partial charge in [0, 0.05) is 37.9 Å². The summed E-state index contributed by atoms with van der Waals surface area (Å²) in [5, 5.41) is 13.5. The molecule has 0 atom stereocenters. The fourth-order valence-electron chi connectivity index (χ4n) is 3.43. The average Bonchev–Trinajstić information content (AvgIpc) is 3.40. The van der Waals surface area contributed by atoms with E-state index in [1.54, 1.807) is 11.3 Å². The third kappa shape index (κ3) is 5.29. The van der Waals surface area contributed by atoms with Crippen LogP contribution in [0.1, 0.15) is 33.1 Å². The Morgan fingerprint density at radius 2 is 1.85 bits per heavy atom. The van der Waals surface area contributed by atoms with E-state index in [1.807, 2.05) is 29.1 Å². The molecular formula is C19H30N6OS. The van der Waals surface area contributed by atoms with E-state index < -0.39 is 0 Å². The molecule has 2 aromatic heterocycles. The Morgan fingerprint density at radius 3 is 2.52 bits per heavy atom. The lowest BCUT2D eigenvalue weighted by Crippen LogP contribution is -2.41. The third-order valence-electron chi connectivity index (χ3n) is 5.21. The van der Waals surface area contributed by atoms with Crippen molar-refractivity contribution < 1.29 is 4.79 Å². The van der Waals surface area contributed by atoms with Gasteiger partial charge in [-0.2, -0.15) is 0 Å². The second-order valence-corrected chi connectivity index (χ2v) is 7.82. The van der Waals surface area contributed by atoms with E-state index in [2.05, 4.69) is 39.2 Å². The van der Waals surface area contributed by atoms with Crippen LogP contribution in [0.2, 0.25) is 0 Å². The minimum Gasteiger partial charge on any atom is -0.356 e. The molecule has 1 amide bonds. The minimum atomic E-state index is 0.117. The van der Waals surface area contributed by atoms with Crippen molar-refractivity contribution in [2.75, 3.05) is 44.2 Å². The zero-order valence-corrected chi connectivity index (χ0v) is 17.1. The molecule has 1 fully saturated rings. The molecule has 0 spiro atoms. The summed E-state index contributed by atoms with van der Waals surface area (Å²) < 4.78 is 1.97. The Balaban J connectivity index is 1.40. The molecule has 0 bridgehead atoms. The summed E-state index contributed by atoms with van der Waals surface area (Å²) in [4.78, 5) is 17.0. The fourth-order valence-corrected chi connectivity index (χ4v) is 4.30. The summed E-state index contributed by atoms with van der Waals surface area (Å²) in [6, 6.07) is 3.96. The van der Waals surface area contributed by atoms with Crippen LogP contribution in [0.25, 0.3) is 5.13 Å². The normalized spacial score (nSPS) is 15.4. The molecule has 148 valence electrons. The Kier molecular flexibility index (Phi) is 7.23. The van der Waals surface area contributed by atoms with Crippen molar-refractivity contribution in [3.63, 3.8) is 0 Å². The van der Waals surface area contributed by atoms with Crippen LogP contribution in [0.15, 0.2) is 24.5 Å². The Morgan fingerprint density at radius 1 is 1.19 bits per heavy atom. The van der Waals surface area contributed by atoms with Crippen LogP contribution in [0.5, 0.6) is 0 Å². The van der Waals surface area contributed by atoms with Gasteiger partial charge in [-0.1, -0.05) is 25.2 Å². The number of amides is 1. The molecule has 2 aromatic rings. The first-order valence-corrected chi connectivity index (χ1v) is 10.7. The largest absolute Gasteiger partial charge is 0.356 e. The molecule has 3 rings (SSSR count). The number of nitrogens with zero attached hydrogens (tertiary/aromatic N) is 5. The van der Waals surface area contributed by atoms with Crippen LogP contribution in [0.3, 0.4) is 0 Å². The molecular weight excluding hydrogens is 360 g/mol. The molecule has 3 heterocycles. The van der Waals surface area contributed by atoms with Crippen molar-refractivity contribution in [1.82, 2.24) is 25.0 Å². The van der Waals surface area contributed by atoms with Gasteiger partial charge < -0.3 is 15.1 Å². The first-order chi connectivity index (χ1) is 13.2. The summed E-state index contributed by atoms with van der Waals surface area (Å²) in [7, 11) is 0. The topological polar surface area (TPSA) is 66.3 Å². The highest BCUT2D eigenvalue weighted by atomic mass is 32.1. The van der Waals surface area contributed by atoms with Crippen molar-refractivity contribution in [2.24, 2.45) is 5.92 Å². The maximum Gasteiger partial charge on any atom is 0.223 e. The number of carbonyl (C=O) groups is 1. The Labute approximate surface area is 165 Å². The van der Waals surface area contributed by atoms with E-state index in [0.717, 1.165) is 68.8 Å². The molecule has 7 nitrogen and oxygen atoms in total. The van der Waals surface area contributed by atoms with Gasteiger partial charge in [0.25, 0.3) is 0 Å². The van der Waals surface area contributed by atoms with Crippen molar-refractivity contribution in [2.45, 2.75) is 33.1 Å². The second-order valence-electron chi connectivity index (χ2n) is 6.89. The summed E-state index contributed by atoms with van der Waals surface area (Å²) >= 11 is 1.59. The van der Waals surface area contributed by atoms with Gasteiger partial charge in [0.2, 0.25) is 16.2 Å². The van der Waals surface area contributed by atoms with E-state index in [-0.39, 0.29) is 11.8 Å². The Hall–Kier alpha value is -1.93. The Bertz CT molecular complexity index is 689. The van der Waals surface area contributed by atoms with Gasteiger partial charge in [0.05, 0.1) is 0 Å². The zero-order chi connectivity index (χ0) is 19.1. The second kappa shape index (κ2) is 9.85. The molecule has 1 aliphatic rings. The maximum atomic E-state index is 12.4. The predicted octanol–water partition coefficient (Wildman–Crippen LogP) is 2.39.